The molecule has 0 saturated carbocycles. The minimum atomic E-state index is -0.557. The zero-order valence-electron chi connectivity index (χ0n) is 10.2. The van der Waals surface area contributed by atoms with Gasteiger partial charge in [-0.3, -0.25) is 14.3 Å². The fourth-order valence-corrected chi connectivity index (χ4v) is 2.12. The predicted molar refractivity (Wildman–Crippen MR) is 71.4 cm³/mol. The summed E-state index contributed by atoms with van der Waals surface area (Å²) in [7, 11) is 0. The Morgan fingerprint density at radius 1 is 1.17 bits per heavy atom. The van der Waals surface area contributed by atoms with Crippen molar-refractivity contribution >= 4 is 11.6 Å². The van der Waals surface area contributed by atoms with Crippen molar-refractivity contribution in [2.75, 3.05) is 0 Å². The van der Waals surface area contributed by atoms with E-state index in [1.165, 1.54) is 10.8 Å². The lowest BCUT2D eigenvalue weighted by atomic mass is 10.1. The van der Waals surface area contributed by atoms with E-state index in [4.69, 9.17) is 11.6 Å². The molecule has 1 aromatic heterocycles. The Balaban J connectivity index is 2.43. The first-order chi connectivity index (χ1) is 8.45. The van der Waals surface area contributed by atoms with Gasteiger partial charge in [0.1, 0.15) is 5.02 Å². The molecule has 1 heterocycles. The summed E-state index contributed by atoms with van der Waals surface area (Å²) in [6.45, 7) is 4.39. The lowest BCUT2D eigenvalue weighted by Gasteiger charge is -2.07. The molecule has 0 saturated heterocycles. The first-order valence-electron chi connectivity index (χ1n) is 5.52. The van der Waals surface area contributed by atoms with Crippen molar-refractivity contribution in [2.45, 2.75) is 20.4 Å². The minimum Gasteiger partial charge on any atom is -0.295 e. The molecule has 0 radical (unpaired) electrons. The van der Waals surface area contributed by atoms with Gasteiger partial charge in [-0.2, -0.15) is 0 Å². The molecule has 0 aliphatic carbocycles. The van der Waals surface area contributed by atoms with Crippen LogP contribution in [0.2, 0.25) is 5.02 Å². The first kappa shape index (κ1) is 12.6. The van der Waals surface area contributed by atoms with E-state index >= 15 is 0 Å². The number of H-pyrrole nitrogens is 1. The summed E-state index contributed by atoms with van der Waals surface area (Å²) in [6, 6.07) is 6.06. The quantitative estimate of drug-likeness (QED) is 0.900. The van der Waals surface area contributed by atoms with E-state index in [1.807, 2.05) is 26.0 Å². The van der Waals surface area contributed by atoms with Crippen molar-refractivity contribution in [3.63, 3.8) is 0 Å². The Bertz CT molecular complexity index is 681. The average molecular weight is 265 g/mol. The van der Waals surface area contributed by atoms with Gasteiger partial charge in [-0.1, -0.05) is 40.9 Å². The smallest absolute Gasteiger partial charge is 0.295 e. The van der Waals surface area contributed by atoms with E-state index in [0.29, 0.717) is 6.54 Å². The standard InChI is InChI=1S/C13H13ClN2O2/c1-8-3-9(2)5-10(4-8)6-16-7-11(14)12(17)15-13(16)18/h3-5,7H,6H2,1-2H3,(H,15,17,18). The zero-order chi connectivity index (χ0) is 13.3. The highest BCUT2D eigenvalue weighted by atomic mass is 35.5. The maximum atomic E-state index is 11.6. The highest BCUT2D eigenvalue weighted by molar-refractivity contribution is 6.30. The highest BCUT2D eigenvalue weighted by Gasteiger charge is 2.04. The average Bonchev–Trinajstić information content (AvgIpc) is 2.24. The van der Waals surface area contributed by atoms with Crippen LogP contribution in [0.1, 0.15) is 16.7 Å². The van der Waals surface area contributed by atoms with Gasteiger partial charge in [0, 0.05) is 6.20 Å². The van der Waals surface area contributed by atoms with Gasteiger partial charge in [0.15, 0.2) is 0 Å². The van der Waals surface area contributed by atoms with E-state index in [1.54, 1.807) is 0 Å². The summed E-state index contributed by atoms with van der Waals surface area (Å²) >= 11 is 5.71. The predicted octanol–water partition coefficient (Wildman–Crippen LogP) is 1.86. The Morgan fingerprint density at radius 3 is 2.39 bits per heavy atom. The van der Waals surface area contributed by atoms with E-state index in [0.717, 1.165) is 16.7 Å². The highest BCUT2D eigenvalue weighted by Crippen LogP contribution is 2.10. The minimum absolute atomic E-state index is 0.0129. The van der Waals surface area contributed by atoms with Gasteiger partial charge in [0.25, 0.3) is 5.56 Å². The summed E-state index contributed by atoms with van der Waals surface area (Å²) in [5, 5.41) is 0.0129. The molecule has 1 N–H and O–H groups in total. The number of benzene rings is 1. The topological polar surface area (TPSA) is 54.9 Å². The van der Waals surface area contributed by atoms with Crippen LogP contribution in [-0.4, -0.2) is 9.55 Å². The maximum Gasteiger partial charge on any atom is 0.328 e. The van der Waals surface area contributed by atoms with Crippen molar-refractivity contribution < 1.29 is 0 Å². The number of aryl methyl sites for hydroxylation is 2. The molecule has 0 fully saturated rings. The number of nitrogens with zero attached hydrogens (tertiary/aromatic N) is 1. The molecule has 0 aliphatic heterocycles. The molecule has 0 atom stereocenters. The normalized spacial score (nSPS) is 10.6. The molecule has 0 aliphatic rings. The SMILES string of the molecule is Cc1cc(C)cc(Cn2cc(Cl)c(=O)[nH]c2=O)c1. The fourth-order valence-electron chi connectivity index (χ4n) is 1.96. The van der Waals surface area contributed by atoms with Crippen LogP contribution in [0.3, 0.4) is 0 Å². The fraction of sp³-hybridized carbons (Fsp3) is 0.231. The molecule has 0 amide bonds. The summed E-state index contributed by atoms with van der Waals surface area (Å²) in [5.74, 6) is 0. The van der Waals surface area contributed by atoms with Crippen LogP contribution in [0, 0.1) is 13.8 Å². The van der Waals surface area contributed by atoms with Crippen LogP contribution in [-0.2, 0) is 6.54 Å². The molecule has 2 aromatic rings. The number of hydrogen-bond acceptors (Lipinski definition) is 2. The number of nitrogens with one attached hydrogen (secondary N) is 1. The van der Waals surface area contributed by atoms with Crippen LogP contribution in [0.15, 0.2) is 34.0 Å². The Kier molecular flexibility index (Phi) is 3.39. The summed E-state index contributed by atoms with van der Waals surface area (Å²) in [6.07, 6.45) is 1.36. The lowest BCUT2D eigenvalue weighted by Crippen LogP contribution is -2.29. The molecule has 0 spiro atoms. The third kappa shape index (κ3) is 2.71. The van der Waals surface area contributed by atoms with Gasteiger partial charge >= 0.3 is 5.69 Å². The molecule has 4 nitrogen and oxygen atoms in total. The second kappa shape index (κ2) is 4.82. The van der Waals surface area contributed by atoms with Crippen molar-refractivity contribution in [1.82, 2.24) is 9.55 Å². The van der Waals surface area contributed by atoms with Crippen LogP contribution in [0.5, 0.6) is 0 Å². The molecule has 1 aromatic carbocycles. The molecule has 0 unspecified atom stereocenters. The van der Waals surface area contributed by atoms with Gasteiger partial charge in [0.05, 0.1) is 6.54 Å². The van der Waals surface area contributed by atoms with Gasteiger partial charge in [0.2, 0.25) is 0 Å². The van der Waals surface area contributed by atoms with Crippen LogP contribution < -0.4 is 11.2 Å². The maximum absolute atomic E-state index is 11.6. The van der Waals surface area contributed by atoms with Crippen LogP contribution >= 0.6 is 11.6 Å². The van der Waals surface area contributed by atoms with Crippen LogP contribution in [0.25, 0.3) is 0 Å². The molecule has 94 valence electrons. The van der Waals surface area contributed by atoms with E-state index in [-0.39, 0.29) is 5.02 Å². The Labute approximate surface area is 109 Å². The van der Waals surface area contributed by atoms with Gasteiger partial charge in [-0.15, -0.1) is 0 Å². The van der Waals surface area contributed by atoms with Gasteiger partial charge in [-0.25, -0.2) is 4.79 Å². The van der Waals surface area contributed by atoms with E-state index in [2.05, 4.69) is 11.1 Å². The van der Waals surface area contributed by atoms with Gasteiger partial charge < -0.3 is 0 Å². The largest absolute Gasteiger partial charge is 0.328 e. The van der Waals surface area contributed by atoms with Gasteiger partial charge in [-0.05, 0) is 19.4 Å². The molecular weight excluding hydrogens is 252 g/mol. The number of rotatable bonds is 2. The van der Waals surface area contributed by atoms with Crippen LogP contribution in [0.4, 0.5) is 0 Å². The molecule has 18 heavy (non-hydrogen) atoms. The zero-order valence-corrected chi connectivity index (χ0v) is 10.9. The summed E-state index contributed by atoms with van der Waals surface area (Å²) < 4.78 is 1.39. The first-order valence-corrected chi connectivity index (χ1v) is 5.90. The third-order valence-electron chi connectivity index (χ3n) is 2.60. The third-order valence-corrected chi connectivity index (χ3v) is 2.87. The number of aromatic nitrogens is 2. The summed E-state index contributed by atoms with van der Waals surface area (Å²) in [4.78, 5) is 24.9. The lowest BCUT2D eigenvalue weighted by molar-refractivity contribution is 0.720. The van der Waals surface area contributed by atoms with Crippen molar-refractivity contribution in [3.05, 3.63) is 66.9 Å². The molecule has 2 rings (SSSR count). The van der Waals surface area contributed by atoms with Crippen molar-refractivity contribution in [2.24, 2.45) is 0 Å². The van der Waals surface area contributed by atoms with E-state index in [9.17, 15) is 9.59 Å². The second-order valence-electron chi connectivity index (χ2n) is 4.36. The second-order valence-corrected chi connectivity index (χ2v) is 4.77. The molecule has 0 bridgehead atoms. The molecular formula is C13H13ClN2O2. The Morgan fingerprint density at radius 2 is 1.78 bits per heavy atom. The van der Waals surface area contributed by atoms with Crippen molar-refractivity contribution in [3.8, 4) is 0 Å². The summed E-state index contributed by atoms with van der Waals surface area (Å²) in [5.41, 5.74) is 2.25. The number of aromatic amines is 1. The van der Waals surface area contributed by atoms with Crippen molar-refractivity contribution in [1.29, 1.82) is 0 Å². The molecule has 5 heteroatoms. The Hall–Kier alpha value is -1.81. The van der Waals surface area contributed by atoms with E-state index < -0.39 is 11.2 Å². The monoisotopic (exact) mass is 264 g/mol. The number of halogens is 1. The number of hydrogen-bond donors (Lipinski definition) is 1.